The maximum atomic E-state index is 5.29. The third kappa shape index (κ3) is 3.39. The van der Waals surface area contributed by atoms with Crippen LogP contribution in [-0.2, 0) is 0 Å². The average molecular weight is 302 g/mol. The highest BCUT2D eigenvalue weighted by Crippen LogP contribution is 2.34. The fourth-order valence-corrected chi connectivity index (χ4v) is 2.62. The van der Waals surface area contributed by atoms with Crippen molar-refractivity contribution >= 4 is 6.01 Å². The van der Waals surface area contributed by atoms with Crippen LogP contribution in [0.15, 0.2) is 28.8 Å². The first kappa shape index (κ1) is 14.8. The number of hydrogen-bond donors (Lipinski definition) is 1. The predicted molar refractivity (Wildman–Crippen MR) is 85.0 cm³/mol. The first-order valence-corrected chi connectivity index (χ1v) is 7.56. The number of aromatic nitrogens is 2. The van der Waals surface area contributed by atoms with E-state index in [1.807, 2.05) is 24.3 Å². The van der Waals surface area contributed by atoms with Crippen molar-refractivity contribution in [3.63, 3.8) is 0 Å². The number of benzene rings is 1. The lowest BCUT2D eigenvalue weighted by atomic mass is 10.1. The Morgan fingerprint density at radius 1 is 1.41 bits per heavy atom. The van der Waals surface area contributed by atoms with Gasteiger partial charge in [0.15, 0.2) is 0 Å². The highest BCUT2D eigenvalue weighted by Gasteiger charge is 2.32. The molecule has 1 fully saturated rings. The van der Waals surface area contributed by atoms with Gasteiger partial charge >= 0.3 is 6.01 Å². The summed E-state index contributed by atoms with van der Waals surface area (Å²) in [6.07, 6.45) is 2.62. The molecule has 1 saturated carbocycles. The minimum absolute atomic E-state index is 0.463. The van der Waals surface area contributed by atoms with Crippen LogP contribution in [-0.4, -0.2) is 48.8 Å². The summed E-state index contributed by atoms with van der Waals surface area (Å²) < 4.78 is 10.5. The van der Waals surface area contributed by atoms with E-state index in [2.05, 4.69) is 34.5 Å². The van der Waals surface area contributed by atoms with Crippen molar-refractivity contribution in [2.24, 2.45) is 5.92 Å². The van der Waals surface area contributed by atoms with Gasteiger partial charge in [-0.05, 0) is 45.0 Å². The highest BCUT2D eigenvalue weighted by atomic mass is 16.5. The van der Waals surface area contributed by atoms with Gasteiger partial charge in [0, 0.05) is 18.2 Å². The number of methoxy groups -OCH3 is 1. The third-order valence-corrected chi connectivity index (χ3v) is 4.05. The topological polar surface area (TPSA) is 63.4 Å². The first-order valence-electron chi connectivity index (χ1n) is 7.56. The molecule has 6 nitrogen and oxygen atoms in total. The van der Waals surface area contributed by atoms with Crippen LogP contribution < -0.4 is 10.1 Å². The number of nitrogens with zero attached hydrogens (tertiary/aromatic N) is 3. The molecule has 1 aromatic carbocycles. The van der Waals surface area contributed by atoms with Crippen LogP contribution in [0.5, 0.6) is 5.75 Å². The van der Waals surface area contributed by atoms with Gasteiger partial charge in [-0.3, -0.25) is 0 Å². The molecule has 1 atom stereocenters. The van der Waals surface area contributed by atoms with E-state index in [1.54, 1.807) is 7.11 Å². The number of ether oxygens (including phenoxy) is 1. The second kappa shape index (κ2) is 6.36. The highest BCUT2D eigenvalue weighted by molar-refractivity contribution is 5.57. The van der Waals surface area contributed by atoms with Crippen LogP contribution in [0, 0.1) is 5.92 Å². The maximum absolute atomic E-state index is 5.29. The van der Waals surface area contributed by atoms with Crippen molar-refractivity contribution < 1.29 is 9.26 Å². The molecule has 118 valence electrons. The second-order valence-corrected chi connectivity index (χ2v) is 5.90. The molecule has 0 radical (unpaired) electrons. The minimum atomic E-state index is 0.463. The molecule has 1 N–H and O–H groups in total. The Labute approximate surface area is 130 Å². The molecular weight excluding hydrogens is 280 g/mol. The van der Waals surface area contributed by atoms with Gasteiger partial charge in [-0.1, -0.05) is 17.3 Å². The molecule has 1 aromatic heterocycles. The molecule has 3 rings (SSSR count). The van der Waals surface area contributed by atoms with Crippen LogP contribution in [0.1, 0.15) is 12.8 Å². The fourth-order valence-electron chi connectivity index (χ4n) is 2.62. The Bertz CT molecular complexity index is 620. The smallest absolute Gasteiger partial charge is 0.321 e. The van der Waals surface area contributed by atoms with Gasteiger partial charge in [-0.15, -0.1) is 0 Å². The summed E-state index contributed by atoms with van der Waals surface area (Å²) in [4.78, 5) is 6.66. The molecular formula is C16H22N4O2. The molecule has 0 aliphatic heterocycles. The zero-order valence-corrected chi connectivity index (χ0v) is 13.2. The summed E-state index contributed by atoms with van der Waals surface area (Å²) in [5.41, 5.74) is 0.877. The maximum Gasteiger partial charge on any atom is 0.321 e. The quantitative estimate of drug-likeness (QED) is 0.848. The normalized spacial score (nSPS) is 15.8. The van der Waals surface area contributed by atoms with Gasteiger partial charge in [0.1, 0.15) is 5.75 Å². The van der Waals surface area contributed by atoms with E-state index in [0.29, 0.717) is 17.9 Å². The number of hydrogen-bond acceptors (Lipinski definition) is 6. The lowest BCUT2D eigenvalue weighted by molar-refractivity contribution is 0.274. The predicted octanol–water partition coefficient (Wildman–Crippen LogP) is 2.50. The molecule has 1 heterocycles. The monoisotopic (exact) mass is 302 g/mol. The Hall–Kier alpha value is -2.08. The molecule has 1 aliphatic rings. The Morgan fingerprint density at radius 2 is 2.23 bits per heavy atom. The first-order chi connectivity index (χ1) is 10.7. The minimum Gasteiger partial charge on any atom is -0.497 e. The molecule has 6 heteroatoms. The molecule has 0 bridgehead atoms. The average Bonchev–Trinajstić information content (AvgIpc) is 3.24. The molecule has 0 amide bonds. The lowest BCUT2D eigenvalue weighted by Gasteiger charge is -2.23. The Kier molecular flexibility index (Phi) is 4.29. The van der Waals surface area contributed by atoms with E-state index in [9.17, 15) is 0 Å². The van der Waals surface area contributed by atoms with Crippen molar-refractivity contribution in [1.29, 1.82) is 0 Å². The zero-order valence-electron chi connectivity index (χ0n) is 13.2. The Balaban J connectivity index is 1.65. The Morgan fingerprint density at radius 3 is 2.91 bits per heavy atom. The number of anilines is 1. The van der Waals surface area contributed by atoms with E-state index in [1.165, 1.54) is 12.8 Å². The molecule has 0 saturated heterocycles. The molecule has 1 unspecified atom stereocenters. The zero-order chi connectivity index (χ0) is 15.5. The molecule has 1 aliphatic carbocycles. The standard InChI is InChI=1S/C16H22N4O2/c1-20(2)14(11-7-8-11)10-17-16-18-15(19-22-16)12-5-4-6-13(9-12)21-3/h4-6,9,11,14H,7-8,10H2,1-3H3,(H,17,18,19). The van der Waals surface area contributed by atoms with E-state index < -0.39 is 0 Å². The number of nitrogens with one attached hydrogen (secondary N) is 1. The van der Waals surface area contributed by atoms with Gasteiger partial charge < -0.3 is 19.5 Å². The molecule has 22 heavy (non-hydrogen) atoms. The lowest BCUT2D eigenvalue weighted by Crippen LogP contribution is -2.36. The van der Waals surface area contributed by atoms with Crippen LogP contribution in [0.25, 0.3) is 11.4 Å². The van der Waals surface area contributed by atoms with E-state index >= 15 is 0 Å². The van der Waals surface area contributed by atoms with Crippen molar-refractivity contribution in [3.8, 4) is 17.1 Å². The third-order valence-electron chi connectivity index (χ3n) is 4.05. The van der Waals surface area contributed by atoms with Gasteiger partial charge in [0.05, 0.1) is 7.11 Å². The van der Waals surface area contributed by atoms with Crippen molar-refractivity contribution in [1.82, 2.24) is 15.0 Å². The van der Waals surface area contributed by atoms with Crippen LogP contribution in [0.2, 0.25) is 0 Å². The van der Waals surface area contributed by atoms with Gasteiger partial charge in [-0.25, -0.2) is 0 Å². The molecule has 2 aromatic rings. The van der Waals surface area contributed by atoms with Crippen LogP contribution in [0.4, 0.5) is 6.01 Å². The number of likely N-dealkylation sites (N-methyl/N-ethyl adjacent to an activating group) is 1. The summed E-state index contributed by atoms with van der Waals surface area (Å²) in [6.45, 7) is 0.817. The van der Waals surface area contributed by atoms with Crippen LogP contribution >= 0.6 is 0 Å². The second-order valence-electron chi connectivity index (χ2n) is 5.90. The number of rotatable bonds is 7. The fraction of sp³-hybridized carbons (Fsp3) is 0.500. The van der Waals surface area contributed by atoms with Crippen molar-refractivity contribution in [2.75, 3.05) is 33.1 Å². The van der Waals surface area contributed by atoms with Gasteiger partial charge in [-0.2, -0.15) is 4.98 Å². The van der Waals surface area contributed by atoms with Gasteiger partial charge in [0.2, 0.25) is 5.82 Å². The summed E-state index contributed by atoms with van der Waals surface area (Å²) in [5.74, 6) is 2.12. The van der Waals surface area contributed by atoms with Crippen molar-refractivity contribution in [3.05, 3.63) is 24.3 Å². The largest absolute Gasteiger partial charge is 0.497 e. The van der Waals surface area contributed by atoms with E-state index in [-0.39, 0.29) is 0 Å². The molecule has 0 spiro atoms. The van der Waals surface area contributed by atoms with Gasteiger partial charge in [0.25, 0.3) is 0 Å². The van der Waals surface area contributed by atoms with E-state index in [0.717, 1.165) is 23.8 Å². The summed E-state index contributed by atoms with van der Waals surface area (Å²) >= 11 is 0. The SMILES string of the molecule is COc1cccc(-c2noc(NCC(C3CC3)N(C)C)n2)c1. The summed E-state index contributed by atoms with van der Waals surface area (Å²) in [7, 11) is 5.86. The van der Waals surface area contributed by atoms with E-state index in [4.69, 9.17) is 9.26 Å². The summed E-state index contributed by atoms with van der Waals surface area (Å²) in [6, 6.07) is 8.59. The van der Waals surface area contributed by atoms with Crippen LogP contribution in [0.3, 0.4) is 0 Å². The summed E-state index contributed by atoms with van der Waals surface area (Å²) in [5, 5.41) is 7.28. The van der Waals surface area contributed by atoms with Crippen molar-refractivity contribution in [2.45, 2.75) is 18.9 Å².